The topological polar surface area (TPSA) is 80.1 Å². The molecule has 1 aliphatic carbocycles. The number of para-hydroxylation sites is 1. The summed E-state index contributed by atoms with van der Waals surface area (Å²) < 4.78 is 0. The third-order valence-corrected chi connectivity index (χ3v) is 5.12. The lowest BCUT2D eigenvalue weighted by Gasteiger charge is -2.42. The smallest absolute Gasteiger partial charge is 0.321 e. The minimum atomic E-state index is -0.829. The molecule has 0 atom stereocenters. The molecule has 1 N–H and O–H groups in total. The van der Waals surface area contributed by atoms with Crippen molar-refractivity contribution in [3.05, 3.63) is 60.2 Å². The van der Waals surface area contributed by atoms with E-state index in [1.54, 1.807) is 12.1 Å². The Bertz CT molecular complexity index is 991. The Hall–Kier alpha value is -3.22. The molecule has 0 radical (unpaired) electrons. The van der Waals surface area contributed by atoms with Crippen molar-refractivity contribution in [3.63, 3.8) is 0 Å². The summed E-state index contributed by atoms with van der Waals surface area (Å²) in [6, 6.07) is 16.9. The lowest BCUT2D eigenvalue weighted by atomic mass is 9.65. The first-order chi connectivity index (χ1) is 12.2. The summed E-state index contributed by atoms with van der Waals surface area (Å²) in [5, 5.41) is 11.9. The molecule has 1 aliphatic heterocycles. The van der Waals surface area contributed by atoms with Gasteiger partial charge < -0.3 is 5.32 Å². The van der Waals surface area contributed by atoms with Crippen LogP contribution >= 0.6 is 0 Å². The number of carbonyl (C=O) groups excluding carboxylic acids is 2. The van der Waals surface area contributed by atoms with Crippen molar-refractivity contribution in [1.82, 2.24) is 20.4 Å². The lowest BCUT2D eigenvalue weighted by molar-refractivity contribution is -0.126. The number of nitrogens with one attached hydrogen (secondary N) is 1. The number of hydrogen-bond donors (Lipinski definition) is 1. The Morgan fingerprint density at radius 1 is 1.00 bits per heavy atom. The normalized spacial score (nSPS) is 25.4. The molecule has 0 bridgehead atoms. The summed E-state index contributed by atoms with van der Waals surface area (Å²) in [5.41, 5.74) is 1.63. The molecule has 1 saturated heterocycles. The molecule has 2 fully saturated rings. The highest BCUT2D eigenvalue weighted by Crippen LogP contribution is 2.47. The maximum absolute atomic E-state index is 13.0. The van der Waals surface area contributed by atoms with Crippen LogP contribution in [0.5, 0.6) is 0 Å². The number of urea groups is 1. The van der Waals surface area contributed by atoms with Crippen molar-refractivity contribution >= 4 is 23.0 Å². The van der Waals surface area contributed by atoms with Crippen molar-refractivity contribution in [2.75, 3.05) is 5.01 Å². The third kappa shape index (κ3) is 1.92. The number of hydrogen-bond acceptors (Lipinski definition) is 4. The van der Waals surface area contributed by atoms with Gasteiger partial charge in [0, 0.05) is 0 Å². The summed E-state index contributed by atoms with van der Waals surface area (Å²) in [6.45, 7) is 0. The van der Waals surface area contributed by atoms with Crippen LogP contribution in [-0.4, -0.2) is 32.6 Å². The fourth-order valence-electron chi connectivity index (χ4n) is 3.80. The van der Waals surface area contributed by atoms with E-state index in [1.165, 1.54) is 10.4 Å². The predicted octanol–water partition coefficient (Wildman–Crippen LogP) is 1.94. The number of fused-ring (bicyclic) bond motifs is 1. The number of rotatable bonds is 2. The monoisotopic (exact) mass is 333 g/mol. The molecule has 25 heavy (non-hydrogen) atoms. The molecule has 1 aromatic heterocycles. The van der Waals surface area contributed by atoms with Crippen molar-refractivity contribution in [1.29, 1.82) is 0 Å². The first kappa shape index (κ1) is 14.2. The summed E-state index contributed by atoms with van der Waals surface area (Å²) in [6.07, 6.45) is 1.20. The number of nitrogens with zero attached hydrogens (tertiary/aromatic N) is 4. The van der Waals surface area contributed by atoms with E-state index < -0.39 is 11.6 Å². The van der Waals surface area contributed by atoms with Crippen LogP contribution in [0.25, 0.3) is 11.0 Å². The molecule has 7 nitrogen and oxygen atoms in total. The van der Waals surface area contributed by atoms with Gasteiger partial charge in [-0.25, -0.2) is 4.79 Å². The van der Waals surface area contributed by atoms with Gasteiger partial charge in [0.15, 0.2) is 0 Å². The van der Waals surface area contributed by atoms with E-state index in [2.05, 4.69) is 27.8 Å². The van der Waals surface area contributed by atoms with Gasteiger partial charge >= 0.3 is 6.03 Å². The zero-order chi connectivity index (χ0) is 17.0. The predicted molar refractivity (Wildman–Crippen MR) is 90.4 cm³/mol. The molecule has 3 aromatic rings. The number of aromatic nitrogens is 3. The van der Waals surface area contributed by atoms with E-state index in [0.717, 1.165) is 5.01 Å². The number of amides is 3. The lowest BCUT2D eigenvalue weighted by Crippen LogP contribution is -2.56. The van der Waals surface area contributed by atoms with E-state index >= 15 is 0 Å². The number of carbonyl (C=O) groups is 2. The van der Waals surface area contributed by atoms with Gasteiger partial charge in [-0.15, -0.1) is 14.9 Å². The molecule has 1 spiro atoms. The van der Waals surface area contributed by atoms with E-state index in [1.807, 2.05) is 30.3 Å². The molecule has 1 saturated carbocycles. The maximum atomic E-state index is 13.0. The van der Waals surface area contributed by atoms with Crippen LogP contribution in [0.1, 0.15) is 24.3 Å². The van der Waals surface area contributed by atoms with Crippen LogP contribution in [0.3, 0.4) is 0 Å². The van der Waals surface area contributed by atoms with Crippen LogP contribution < -0.4 is 10.3 Å². The largest absolute Gasteiger partial charge is 0.346 e. The SMILES string of the molecule is O=C1NC2(CC(c3ccccc3)C2)C(=O)N1n1nnc2ccccc21. The molecule has 3 amide bonds. The van der Waals surface area contributed by atoms with Crippen molar-refractivity contribution in [3.8, 4) is 0 Å². The minimum absolute atomic E-state index is 0.264. The first-order valence-electron chi connectivity index (χ1n) is 8.20. The van der Waals surface area contributed by atoms with Crippen molar-refractivity contribution < 1.29 is 9.59 Å². The maximum Gasteiger partial charge on any atom is 0.346 e. The van der Waals surface area contributed by atoms with Gasteiger partial charge in [0.05, 0.1) is 0 Å². The Kier molecular flexibility index (Phi) is 2.77. The van der Waals surface area contributed by atoms with Crippen LogP contribution in [0.15, 0.2) is 54.6 Å². The van der Waals surface area contributed by atoms with Gasteiger partial charge in [0.1, 0.15) is 16.6 Å². The standard InChI is InChI=1S/C18H15N5O2/c24-16-18(10-13(11-18)12-6-2-1-3-7-12)19-17(25)22(16)23-15-9-5-4-8-14(15)20-21-23/h1-9,13H,10-11H2,(H,19,25). The quantitative estimate of drug-likeness (QED) is 0.727. The average molecular weight is 333 g/mol. The van der Waals surface area contributed by atoms with Crippen molar-refractivity contribution in [2.24, 2.45) is 0 Å². The Morgan fingerprint density at radius 3 is 2.52 bits per heavy atom. The van der Waals surface area contributed by atoms with Gasteiger partial charge in [0.2, 0.25) is 0 Å². The molecular weight excluding hydrogens is 318 g/mol. The Balaban J connectivity index is 1.45. The van der Waals surface area contributed by atoms with Gasteiger partial charge in [0.25, 0.3) is 5.91 Å². The molecular formula is C18H15N5O2. The summed E-state index contributed by atoms with van der Waals surface area (Å²) in [4.78, 5) is 26.8. The summed E-state index contributed by atoms with van der Waals surface area (Å²) in [5.74, 6) is 0.0122. The third-order valence-electron chi connectivity index (χ3n) is 5.12. The molecule has 5 rings (SSSR count). The highest BCUT2D eigenvalue weighted by molar-refractivity contribution is 6.19. The van der Waals surface area contributed by atoms with Gasteiger partial charge in [-0.3, -0.25) is 4.79 Å². The second kappa shape index (κ2) is 4.89. The fourth-order valence-corrected chi connectivity index (χ4v) is 3.80. The van der Waals surface area contributed by atoms with E-state index in [0.29, 0.717) is 23.9 Å². The summed E-state index contributed by atoms with van der Waals surface area (Å²) >= 11 is 0. The van der Waals surface area contributed by atoms with Crippen LogP contribution in [0.2, 0.25) is 0 Å². The van der Waals surface area contributed by atoms with Crippen molar-refractivity contribution in [2.45, 2.75) is 24.3 Å². The minimum Gasteiger partial charge on any atom is -0.321 e. The molecule has 2 aliphatic rings. The second-order valence-corrected chi connectivity index (χ2v) is 6.61. The van der Waals surface area contributed by atoms with E-state index in [9.17, 15) is 9.59 Å². The highest BCUT2D eigenvalue weighted by atomic mass is 16.2. The molecule has 2 aromatic carbocycles. The zero-order valence-corrected chi connectivity index (χ0v) is 13.3. The van der Waals surface area contributed by atoms with E-state index in [-0.39, 0.29) is 11.8 Å². The molecule has 124 valence electrons. The molecule has 7 heteroatoms. The molecule has 2 heterocycles. The summed E-state index contributed by atoms with van der Waals surface area (Å²) in [7, 11) is 0. The zero-order valence-electron chi connectivity index (χ0n) is 13.3. The Labute approximate surface area is 143 Å². The fraction of sp³-hybridized carbons (Fsp3) is 0.222. The van der Waals surface area contributed by atoms with Gasteiger partial charge in [-0.1, -0.05) is 42.5 Å². The van der Waals surface area contributed by atoms with Gasteiger partial charge in [-0.2, -0.15) is 0 Å². The molecule has 0 unspecified atom stereocenters. The first-order valence-corrected chi connectivity index (χ1v) is 8.20. The van der Waals surface area contributed by atoms with Crippen LogP contribution in [-0.2, 0) is 4.79 Å². The Morgan fingerprint density at radius 2 is 1.72 bits per heavy atom. The van der Waals surface area contributed by atoms with Crippen LogP contribution in [0.4, 0.5) is 4.79 Å². The number of imide groups is 1. The van der Waals surface area contributed by atoms with Crippen LogP contribution in [0, 0.1) is 0 Å². The average Bonchev–Trinajstić information content (AvgIpc) is 3.13. The second-order valence-electron chi connectivity index (χ2n) is 6.61. The number of benzene rings is 2. The highest BCUT2D eigenvalue weighted by Gasteiger charge is 2.60. The van der Waals surface area contributed by atoms with Gasteiger partial charge in [-0.05, 0) is 41.7 Å². The van der Waals surface area contributed by atoms with E-state index in [4.69, 9.17) is 0 Å².